The summed E-state index contributed by atoms with van der Waals surface area (Å²) in [4.78, 5) is 4.60. The van der Waals surface area contributed by atoms with E-state index in [1.807, 2.05) is 18.2 Å². The van der Waals surface area contributed by atoms with Crippen LogP contribution in [0.5, 0.6) is 5.75 Å². The Hall–Kier alpha value is -1.55. The first kappa shape index (κ1) is 12.5. The van der Waals surface area contributed by atoms with Crippen LogP contribution >= 0.6 is 0 Å². The Morgan fingerprint density at radius 1 is 1.47 bits per heavy atom. The van der Waals surface area contributed by atoms with Crippen molar-refractivity contribution in [3.05, 3.63) is 24.1 Å². The van der Waals surface area contributed by atoms with Crippen molar-refractivity contribution in [1.82, 2.24) is 10.3 Å². The third-order valence-electron chi connectivity index (χ3n) is 4.00. The van der Waals surface area contributed by atoms with Gasteiger partial charge in [0.1, 0.15) is 11.3 Å². The van der Waals surface area contributed by atoms with E-state index >= 15 is 0 Å². The molecule has 0 spiro atoms. The second kappa shape index (κ2) is 5.21. The van der Waals surface area contributed by atoms with E-state index in [4.69, 9.17) is 9.15 Å². The highest BCUT2D eigenvalue weighted by Crippen LogP contribution is 2.31. The van der Waals surface area contributed by atoms with Gasteiger partial charge in [0.05, 0.1) is 13.2 Å². The van der Waals surface area contributed by atoms with Crippen LogP contribution in [-0.4, -0.2) is 18.6 Å². The number of ether oxygens (including phenoxy) is 1. The Morgan fingerprint density at radius 3 is 3.16 bits per heavy atom. The second-order valence-electron chi connectivity index (χ2n) is 5.19. The molecule has 0 bridgehead atoms. The first-order chi connectivity index (χ1) is 9.30. The van der Waals surface area contributed by atoms with Gasteiger partial charge in [-0.05, 0) is 37.4 Å². The number of oxazole rings is 1. The summed E-state index contributed by atoms with van der Waals surface area (Å²) < 4.78 is 11.1. The third kappa shape index (κ3) is 2.45. The van der Waals surface area contributed by atoms with Crippen LogP contribution in [0.2, 0.25) is 0 Å². The van der Waals surface area contributed by atoms with Crippen molar-refractivity contribution < 1.29 is 9.15 Å². The summed E-state index contributed by atoms with van der Waals surface area (Å²) in [5.74, 6) is 2.38. The van der Waals surface area contributed by atoms with Gasteiger partial charge in [0.2, 0.25) is 5.89 Å². The van der Waals surface area contributed by atoms with Crippen LogP contribution in [0.15, 0.2) is 22.6 Å². The number of benzene rings is 1. The van der Waals surface area contributed by atoms with Gasteiger partial charge in [-0.2, -0.15) is 0 Å². The highest BCUT2D eigenvalue weighted by molar-refractivity contribution is 5.74. The van der Waals surface area contributed by atoms with Crippen LogP contribution in [0.4, 0.5) is 0 Å². The summed E-state index contributed by atoms with van der Waals surface area (Å²) in [6, 6.07) is 6.00. The van der Waals surface area contributed by atoms with Crippen LogP contribution in [0, 0.1) is 5.92 Å². The van der Waals surface area contributed by atoms with Gasteiger partial charge >= 0.3 is 0 Å². The SMILES string of the molecule is CCC1CCNC(c2nc3ccc(OC)cc3o2)C1. The molecule has 2 aromatic rings. The second-order valence-corrected chi connectivity index (χ2v) is 5.19. The van der Waals surface area contributed by atoms with Gasteiger partial charge < -0.3 is 14.5 Å². The zero-order valence-electron chi connectivity index (χ0n) is 11.5. The molecule has 1 aromatic heterocycles. The minimum absolute atomic E-state index is 0.247. The molecule has 0 amide bonds. The lowest BCUT2D eigenvalue weighted by atomic mass is 9.90. The van der Waals surface area contributed by atoms with Crippen LogP contribution in [0.1, 0.15) is 38.1 Å². The summed E-state index contributed by atoms with van der Waals surface area (Å²) in [5, 5.41) is 3.50. The van der Waals surface area contributed by atoms with Crippen molar-refractivity contribution >= 4 is 11.1 Å². The normalized spacial score (nSPS) is 23.7. The summed E-state index contributed by atoms with van der Waals surface area (Å²) >= 11 is 0. The van der Waals surface area contributed by atoms with E-state index in [9.17, 15) is 0 Å². The van der Waals surface area contributed by atoms with Crippen LogP contribution in [0.25, 0.3) is 11.1 Å². The Kier molecular flexibility index (Phi) is 3.42. The number of methoxy groups -OCH3 is 1. The number of fused-ring (bicyclic) bond motifs is 1. The minimum atomic E-state index is 0.247. The Morgan fingerprint density at radius 2 is 2.37 bits per heavy atom. The quantitative estimate of drug-likeness (QED) is 0.920. The van der Waals surface area contributed by atoms with Gasteiger partial charge in [0.25, 0.3) is 0 Å². The highest BCUT2D eigenvalue weighted by atomic mass is 16.5. The van der Waals surface area contributed by atoms with E-state index in [-0.39, 0.29) is 6.04 Å². The lowest BCUT2D eigenvalue weighted by Gasteiger charge is -2.27. The first-order valence-corrected chi connectivity index (χ1v) is 6.98. The molecular formula is C15H20N2O2. The maximum absolute atomic E-state index is 5.89. The van der Waals surface area contributed by atoms with Crippen LogP contribution < -0.4 is 10.1 Å². The predicted molar refractivity (Wildman–Crippen MR) is 74.3 cm³/mol. The topological polar surface area (TPSA) is 47.3 Å². The van der Waals surface area contributed by atoms with E-state index in [1.54, 1.807) is 7.11 Å². The maximum Gasteiger partial charge on any atom is 0.212 e. The predicted octanol–water partition coefficient (Wildman–Crippen LogP) is 3.29. The van der Waals surface area contributed by atoms with E-state index < -0.39 is 0 Å². The number of hydrogen-bond acceptors (Lipinski definition) is 4. The van der Waals surface area contributed by atoms with E-state index in [1.165, 1.54) is 12.8 Å². The van der Waals surface area contributed by atoms with Crippen LogP contribution in [-0.2, 0) is 0 Å². The van der Waals surface area contributed by atoms with Crippen molar-refractivity contribution in [3.8, 4) is 5.75 Å². The molecule has 4 heteroatoms. The summed E-state index contributed by atoms with van der Waals surface area (Å²) in [6.07, 6.45) is 3.59. The molecule has 0 radical (unpaired) electrons. The average molecular weight is 260 g/mol. The Labute approximate surface area is 113 Å². The van der Waals surface area contributed by atoms with Gasteiger partial charge in [-0.25, -0.2) is 4.98 Å². The molecule has 1 aromatic carbocycles. The fourth-order valence-electron chi connectivity index (χ4n) is 2.75. The summed E-state index contributed by atoms with van der Waals surface area (Å²) in [6.45, 7) is 3.30. The molecule has 102 valence electrons. The molecule has 4 nitrogen and oxygen atoms in total. The molecule has 2 atom stereocenters. The molecule has 1 N–H and O–H groups in total. The smallest absolute Gasteiger partial charge is 0.212 e. The molecule has 0 saturated carbocycles. The molecule has 19 heavy (non-hydrogen) atoms. The molecule has 2 unspecified atom stereocenters. The molecule has 1 saturated heterocycles. The number of piperidine rings is 1. The molecule has 0 aliphatic carbocycles. The Balaban J connectivity index is 1.88. The largest absolute Gasteiger partial charge is 0.497 e. The lowest BCUT2D eigenvalue weighted by molar-refractivity contribution is 0.267. The maximum atomic E-state index is 5.89. The van der Waals surface area contributed by atoms with Gasteiger partial charge in [0.15, 0.2) is 5.58 Å². The van der Waals surface area contributed by atoms with Crippen molar-refractivity contribution in [2.75, 3.05) is 13.7 Å². The van der Waals surface area contributed by atoms with Crippen LogP contribution in [0.3, 0.4) is 0 Å². The zero-order chi connectivity index (χ0) is 13.2. The lowest BCUT2D eigenvalue weighted by Crippen LogP contribution is -2.31. The van der Waals surface area contributed by atoms with E-state index in [2.05, 4.69) is 17.2 Å². The number of nitrogens with one attached hydrogen (secondary N) is 1. The molecule has 1 aliphatic rings. The fraction of sp³-hybridized carbons (Fsp3) is 0.533. The van der Waals surface area contributed by atoms with E-state index in [0.29, 0.717) is 0 Å². The summed E-state index contributed by atoms with van der Waals surface area (Å²) in [5.41, 5.74) is 1.70. The summed E-state index contributed by atoms with van der Waals surface area (Å²) in [7, 11) is 1.66. The highest BCUT2D eigenvalue weighted by Gasteiger charge is 2.25. The first-order valence-electron chi connectivity index (χ1n) is 6.98. The molecule has 1 aliphatic heterocycles. The van der Waals surface area contributed by atoms with Gasteiger partial charge in [-0.15, -0.1) is 0 Å². The van der Waals surface area contributed by atoms with Gasteiger partial charge in [0, 0.05) is 6.07 Å². The monoisotopic (exact) mass is 260 g/mol. The minimum Gasteiger partial charge on any atom is -0.497 e. The van der Waals surface area contributed by atoms with Crippen molar-refractivity contribution in [2.24, 2.45) is 5.92 Å². The number of hydrogen-bond donors (Lipinski definition) is 1. The number of aromatic nitrogens is 1. The standard InChI is InChI=1S/C15H20N2O2/c1-3-10-6-7-16-13(8-10)15-17-12-5-4-11(18-2)9-14(12)19-15/h4-5,9-10,13,16H,3,6-8H2,1-2H3. The molecule has 3 rings (SSSR count). The van der Waals surface area contributed by atoms with Crippen molar-refractivity contribution in [2.45, 2.75) is 32.2 Å². The van der Waals surface area contributed by atoms with Crippen molar-refractivity contribution in [3.63, 3.8) is 0 Å². The average Bonchev–Trinajstić information content (AvgIpc) is 2.90. The molecule has 1 fully saturated rings. The van der Waals surface area contributed by atoms with E-state index in [0.717, 1.165) is 41.6 Å². The molecular weight excluding hydrogens is 240 g/mol. The number of nitrogens with zero attached hydrogens (tertiary/aromatic N) is 1. The van der Waals surface area contributed by atoms with Gasteiger partial charge in [-0.3, -0.25) is 0 Å². The van der Waals surface area contributed by atoms with Gasteiger partial charge in [-0.1, -0.05) is 13.3 Å². The number of rotatable bonds is 3. The Bertz CT molecular complexity index is 564. The van der Waals surface area contributed by atoms with Crippen molar-refractivity contribution in [1.29, 1.82) is 0 Å². The third-order valence-corrected chi connectivity index (χ3v) is 4.00. The zero-order valence-corrected chi connectivity index (χ0v) is 11.5. The fourth-order valence-corrected chi connectivity index (χ4v) is 2.75. The molecule has 2 heterocycles.